The molecule has 2 rings (SSSR count). The molecule has 1 aliphatic carbocycles. The minimum absolute atomic E-state index is 1.02. The molecule has 1 nitrogen and oxygen atoms in total. The fourth-order valence-electron chi connectivity index (χ4n) is 2.47. The summed E-state index contributed by atoms with van der Waals surface area (Å²) in [6.07, 6.45) is 2.97. The van der Waals surface area contributed by atoms with Crippen LogP contribution in [0.3, 0.4) is 0 Å². The lowest BCUT2D eigenvalue weighted by Gasteiger charge is -2.03. The Labute approximate surface area is 57.6 Å². The van der Waals surface area contributed by atoms with Crippen molar-refractivity contribution in [2.75, 3.05) is 13.1 Å². The van der Waals surface area contributed by atoms with E-state index in [1.807, 2.05) is 0 Å². The van der Waals surface area contributed by atoms with E-state index in [2.05, 4.69) is 13.2 Å². The average molecular weight is 123 g/mol. The second kappa shape index (κ2) is 2.01. The number of nitrogens with one attached hydrogen (secondary N) is 1. The van der Waals surface area contributed by atoms with Crippen molar-refractivity contribution in [2.45, 2.75) is 18.7 Å². The summed E-state index contributed by atoms with van der Waals surface area (Å²) >= 11 is 0. The minimum atomic E-state index is 1.02. The predicted molar refractivity (Wildman–Crippen MR) is 41.4 cm³/mol. The van der Waals surface area contributed by atoms with Crippen LogP contribution >= 0.6 is 0 Å². The number of fused-ring (bicyclic) bond motifs is 1. The smallest absolute Gasteiger partial charge is 0.105 e. The molecule has 0 unspecified atom stereocenters. The van der Waals surface area contributed by atoms with E-state index in [0.717, 1.165) is 17.7 Å². The number of hydrogen-bond acceptors (Lipinski definition) is 1. The fourth-order valence-corrected chi connectivity index (χ4v) is 2.47. The second-order valence-corrected chi connectivity index (χ2v) is 3.75. The molecular weight excluding hydrogens is 109 g/mol. The summed E-state index contributed by atoms with van der Waals surface area (Å²) in [5.74, 6) is 3.10. The summed E-state index contributed by atoms with van der Waals surface area (Å²) in [7, 11) is 2.39. The van der Waals surface area contributed by atoms with Gasteiger partial charge >= 0.3 is 0 Å². The van der Waals surface area contributed by atoms with Gasteiger partial charge in [-0.25, -0.2) is 0 Å². The van der Waals surface area contributed by atoms with Crippen molar-refractivity contribution in [3.8, 4) is 0 Å². The maximum absolute atomic E-state index is 3.44. The minimum Gasteiger partial charge on any atom is -0.316 e. The predicted octanol–water partition coefficient (Wildman–Crippen LogP) is 0.0374. The molecule has 1 saturated carbocycles. The SMILES string of the molecule is B[C@@H]1C[C@H]2CNC[C@H]2C1. The maximum atomic E-state index is 3.44. The van der Waals surface area contributed by atoms with Crippen molar-refractivity contribution < 1.29 is 0 Å². The Morgan fingerprint density at radius 1 is 1.11 bits per heavy atom. The van der Waals surface area contributed by atoms with E-state index in [-0.39, 0.29) is 0 Å². The molecule has 2 fully saturated rings. The van der Waals surface area contributed by atoms with Gasteiger partial charge in [-0.2, -0.15) is 0 Å². The van der Waals surface area contributed by atoms with Gasteiger partial charge in [0.2, 0.25) is 0 Å². The lowest BCUT2D eigenvalue weighted by molar-refractivity contribution is 0.494. The Bertz CT molecular complexity index is 103. The van der Waals surface area contributed by atoms with Gasteiger partial charge < -0.3 is 5.32 Å². The molecular formula is C7H14BN. The Hall–Kier alpha value is 0.0249. The van der Waals surface area contributed by atoms with Crippen molar-refractivity contribution in [1.82, 2.24) is 5.32 Å². The van der Waals surface area contributed by atoms with Crippen molar-refractivity contribution in [3.05, 3.63) is 0 Å². The Morgan fingerprint density at radius 3 is 2.22 bits per heavy atom. The molecule has 0 bridgehead atoms. The van der Waals surface area contributed by atoms with E-state index >= 15 is 0 Å². The summed E-state index contributed by atoms with van der Waals surface area (Å²) in [4.78, 5) is 0. The van der Waals surface area contributed by atoms with E-state index in [0.29, 0.717) is 0 Å². The first-order chi connectivity index (χ1) is 4.36. The lowest BCUT2D eigenvalue weighted by atomic mass is 9.85. The van der Waals surface area contributed by atoms with Crippen LogP contribution in [-0.2, 0) is 0 Å². The average Bonchev–Trinajstić information content (AvgIpc) is 2.22. The van der Waals surface area contributed by atoms with Crippen molar-refractivity contribution in [3.63, 3.8) is 0 Å². The molecule has 0 aromatic rings. The standard InChI is InChI=1S/C7H14BN/c8-7-1-5-3-9-4-6(5)2-7/h5-7,9H,1-4,8H2/t5-,6+,7+. The summed E-state index contributed by atoms with van der Waals surface area (Å²) in [5, 5.41) is 3.44. The maximum Gasteiger partial charge on any atom is 0.105 e. The largest absolute Gasteiger partial charge is 0.316 e. The van der Waals surface area contributed by atoms with Crippen LogP contribution in [0.25, 0.3) is 0 Å². The Kier molecular flexibility index (Phi) is 1.29. The highest BCUT2D eigenvalue weighted by Gasteiger charge is 2.34. The monoisotopic (exact) mass is 123 g/mol. The first kappa shape index (κ1) is 5.78. The second-order valence-electron chi connectivity index (χ2n) is 3.75. The molecule has 1 aliphatic heterocycles. The first-order valence-corrected chi connectivity index (χ1v) is 4.07. The number of rotatable bonds is 0. The van der Waals surface area contributed by atoms with E-state index in [1.165, 1.54) is 25.9 Å². The van der Waals surface area contributed by atoms with Gasteiger partial charge in [0.05, 0.1) is 0 Å². The third kappa shape index (κ3) is 0.897. The van der Waals surface area contributed by atoms with Gasteiger partial charge in [-0.05, 0) is 24.9 Å². The normalized spacial score (nSPS) is 49.6. The van der Waals surface area contributed by atoms with Gasteiger partial charge in [-0.3, -0.25) is 0 Å². The molecule has 0 amide bonds. The van der Waals surface area contributed by atoms with E-state index < -0.39 is 0 Å². The van der Waals surface area contributed by atoms with Crippen LogP contribution < -0.4 is 5.32 Å². The zero-order chi connectivity index (χ0) is 6.27. The summed E-state index contributed by atoms with van der Waals surface area (Å²) in [6, 6.07) is 0. The molecule has 1 saturated heterocycles. The van der Waals surface area contributed by atoms with Gasteiger partial charge in [0.25, 0.3) is 0 Å². The van der Waals surface area contributed by atoms with Crippen LogP contribution in [0, 0.1) is 11.8 Å². The molecule has 2 aliphatic rings. The van der Waals surface area contributed by atoms with E-state index in [9.17, 15) is 0 Å². The third-order valence-electron chi connectivity index (χ3n) is 2.89. The highest BCUT2D eigenvalue weighted by Crippen LogP contribution is 2.39. The highest BCUT2D eigenvalue weighted by molar-refractivity contribution is 6.11. The van der Waals surface area contributed by atoms with Crippen LogP contribution in [0.4, 0.5) is 0 Å². The molecule has 9 heavy (non-hydrogen) atoms. The fraction of sp³-hybridized carbons (Fsp3) is 1.00. The molecule has 1 heterocycles. The van der Waals surface area contributed by atoms with Crippen LogP contribution in [-0.4, -0.2) is 20.9 Å². The topological polar surface area (TPSA) is 12.0 Å². The van der Waals surface area contributed by atoms with Crippen LogP contribution in [0.15, 0.2) is 0 Å². The number of hydrogen-bond donors (Lipinski definition) is 1. The third-order valence-corrected chi connectivity index (χ3v) is 2.89. The summed E-state index contributed by atoms with van der Waals surface area (Å²) in [5.41, 5.74) is 0. The molecule has 0 radical (unpaired) electrons. The molecule has 3 atom stereocenters. The van der Waals surface area contributed by atoms with Crippen molar-refractivity contribution >= 4 is 7.85 Å². The van der Waals surface area contributed by atoms with E-state index in [1.54, 1.807) is 0 Å². The van der Waals surface area contributed by atoms with Gasteiger partial charge in [0, 0.05) is 0 Å². The summed E-state index contributed by atoms with van der Waals surface area (Å²) < 4.78 is 0. The lowest BCUT2D eigenvalue weighted by Crippen LogP contribution is -2.10. The zero-order valence-corrected chi connectivity index (χ0v) is 6.06. The highest BCUT2D eigenvalue weighted by atomic mass is 14.9. The Balaban J connectivity index is 2.02. The van der Waals surface area contributed by atoms with Crippen molar-refractivity contribution in [2.24, 2.45) is 11.8 Å². The van der Waals surface area contributed by atoms with Gasteiger partial charge in [-0.1, -0.05) is 18.7 Å². The molecule has 2 heteroatoms. The molecule has 0 spiro atoms. The molecule has 0 aromatic heterocycles. The van der Waals surface area contributed by atoms with Gasteiger partial charge in [-0.15, -0.1) is 0 Å². The zero-order valence-electron chi connectivity index (χ0n) is 6.06. The molecule has 50 valence electrons. The Morgan fingerprint density at radius 2 is 1.67 bits per heavy atom. The van der Waals surface area contributed by atoms with Gasteiger partial charge in [0.15, 0.2) is 0 Å². The van der Waals surface area contributed by atoms with Crippen LogP contribution in [0.5, 0.6) is 0 Å². The first-order valence-electron chi connectivity index (χ1n) is 4.07. The molecule has 1 N–H and O–H groups in total. The quantitative estimate of drug-likeness (QED) is 0.448. The summed E-state index contributed by atoms with van der Waals surface area (Å²) in [6.45, 7) is 2.60. The van der Waals surface area contributed by atoms with Gasteiger partial charge in [0.1, 0.15) is 7.85 Å². The van der Waals surface area contributed by atoms with Crippen LogP contribution in [0.1, 0.15) is 12.8 Å². The van der Waals surface area contributed by atoms with Crippen molar-refractivity contribution in [1.29, 1.82) is 0 Å². The van der Waals surface area contributed by atoms with Crippen LogP contribution in [0.2, 0.25) is 5.82 Å². The van der Waals surface area contributed by atoms with E-state index in [4.69, 9.17) is 0 Å². The molecule has 0 aromatic carbocycles.